The molecule has 26 heavy (non-hydrogen) atoms. The molecule has 1 heterocycles. The van der Waals surface area contributed by atoms with E-state index < -0.39 is 0 Å². The van der Waals surface area contributed by atoms with Gasteiger partial charge in [0.2, 0.25) is 0 Å². The maximum Gasteiger partial charge on any atom is 0.156 e. The highest BCUT2D eigenvalue weighted by Crippen LogP contribution is 2.27. The van der Waals surface area contributed by atoms with Gasteiger partial charge in [-0.05, 0) is 48.0 Å². The van der Waals surface area contributed by atoms with E-state index in [1.165, 1.54) is 0 Å². The maximum absolute atomic E-state index is 9.81. The Morgan fingerprint density at radius 2 is 1.62 bits per heavy atom. The van der Waals surface area contributed by atoms with Gasteiger partial charge in [-0.3, -0.25) is 4.57 Å². The molecule has 0 amide bonds. The van der Waals surface area contributed by atoms with Gasteiger partial charge in [-0.2, -0.15) is 5.26 Å². The number of fused-ring (bicyclic) bond motifs is 1. The number of nitrogens with zero attached hydrogens (tertiary/aromatic N) is 3. The fourth-order valence-corrected chi connectivity index (χ4v) is 3.18. The summed E-state index contributed by atoms with van der Waals surface area (Å²) in [6, 6.07) is 28.1. The van der Waals surface area contributed by atoms with E-state index in [1.807, 2.05) is 89.5 Å². The molecular formula is C22H14BrN3. The zero-order chi connectivity index (χ0) is 17.9. The summed E-state index contributed by atoms with van der Waals surface area (Å²) >= 11 is 3.44. The van der Waals surface area contributed by atoms with E-state index in [2.05, 4.69) is 22.0 Å². The van der Waals surface area contributed by atoms with Gasteiger partial charge in [0.1, 0.15) is 6.07 Å². The van der Waals surface area contributed by atoms with Crippen LogP contribution >= 0.6 is 15.9 Å². The van der Waals surface area contributed by atoms with Gasteiger partial charge in [0, 0.05) is 10.2 Å². The molecule has 0 N–H and O–H groups in total. The summed E-state index contributed by atoms with van der Waals surface area (Å²) in [6.45, 7) is 0. The molecule has 4 aromatic rings. The van der Waals surface area contributed by atoms with Crippen LogP contribution in [0.2, 0.25) is 0 Å². The predicted molar refractivity (Wildman–Crippen MR) is 109 cm³/mol. The first kappa shape index (κ1) is 16.3. The zero-order valence-corrected chi connectivity index (χ0v) is 15.4. The minimum Gasteiger partial charge on any atom is -0.292 e. The third-order valence-electron chi connectivity index (χ3n) is 4.12. The van der Waals surface area contributed by atoms with Crippen molar-refractivity contribution in [2.45, 2.75) is 0 Å². The van der Waals surface area contributed by atoms with Crippen molar-refractivity contribution in [3.05, 3.63) is 94.7 Å². The van der Waals surface area contributed by atoms with Crippen LogP contribution in [-0.2, 0) is 0 Å². The van der Waals surface area contributed by atoms with E-state index in [0.717, 1.165) is 26.8 Å². The molecule has 0 aliphatic rings. The van der Waals surface area contributed by atoms with E-state index in [4.69, 9.17) is 4.98 Å². The monoisotopic (exact) mass is 399 g/mol. The van der Waals surface area contributed by atoms with Gasteiger partial charge in [-0.25, -0.2) is 4.98 Å². The van der Waals surface area contributed by atoms with Crippen molar-refractivity contribution in [3.8, 4) is 11.8 Å². The molecule has 0 radical (unpaired) electrons. The average molecular weight is 400 g/mol. The summed E-state index contributed by atoms with van der Waals surface area (Å²) in [5.74, 6) is 0.641. The Morgan fingerprint density at radius 1 is 0.923 bits per heavy atom. The van der Waals surface area contributed by atoms with E-state index in [9.17, 15) is 5.26 Å². The molecule has 0 unspecified atom stereocenters. The third kappa shape index (κ3) is 3.05. The molecule has 0 saturated heterocycles. The summed E-state index contributed by atoms with van der Waals surface area (Å²) in [5.41, 5.74) is 4.30. The van der Waals surface area contributed by atoms with Gasteiger partial charge in [0.25, 0.3) is 0 Å². The molecule has 0 spiro atoms. The van der Waals surface area contributed by atoms with Crippen molar-refractivity contribution in [2.24, 2.45) is 0 Å². The highest BCUT2D eigenvalue weighted by atomic mass is 79.9. The van der Waals surface area contributed by atoms with E-state index in [-0.39, 0.29) is 0 Å². The van der Waals surface area contributed by atoms with Gasteiger partial charge >= 0.3 is 0 Å². The normalized spacial score (nSPS) is 11.5. The second-order valence-electron chi connectivity index (χ2n) is 5.82. The lowest BCUT2D eigenvalue weighted by molar-refractivity contribution is 1.06. The number of rotatable bonds is 3. The van der Waals surface area contributed by atoms with Crippen LogP contribution in [0.15, 0.2) is 83.3 Å². The maximum atomic E-state index is 9.81. The highest BCUT2D eigenvalue weighted by Gasteiger charge is 2.15. The van der Waals surface area contributed by atoms with Gasteiger partial charge in [0.15, 0.2) is 5.82 Å². The second-order valence-corrected chi connectivity index (χ2v) is 6.73. The molecule has 0 atom stereocenters. The number of halogens is 1. The highest BCUT2D eigenvalue weighted by molar-refractivity contribution is 9.10. The lowest BCUT2D eigenvalue weighted by atomic mass is 10.1. The first-order valence-electron chi connectivity index (χ1n) is 8.17. The molecular weight excluding hydrogens is 386 g/mol. The van der Waals surface area contributed by atoms with Crippen molar-refractivity contribution in [1.82, 2.24) is 9.55 Å². The largest absolute Gasteiger partial charge is 0.292 e. The van der Waals surface area contributed by atoms with Crippen LogP contribution in [0.5, 0.6) is 0 Å². The van der Waals surface area contributed by atoms with E-state index >= 15 is 0 Å². The van der Waals surface area contributed by atoms with Crippen molar-refractivity contribution in [3.63, 3.8) is 0 Å². The first-order chi connectivity index (χ1) is 12.8. The van der Waals surface area contributed by atoms with E-state index in [0.29, 0.717) is 11.4 Å². The number of para-hydroxylation sites is 3. The molecule has 0 aliphatic carbocycles. The van der Waals surface area contributed by atoms with Gasteiger partial charge in [-0.1, -0.05) is 58.4 Å². The minimum absolute atomic E-state index is 0.521. The van der Waals surface area contributed by atoms with E-state index in [1.54, 1.807) is 0 Å². The number of imidazole rings is 1. The molecule has 4 heteroatoms. The quantitative estimate of drug-likeness (QED) is 0.405. The number of hydrogen-bond acceptors (Lipinski definition) is 2. The molecule has 0 bridgehead atoms. The van der Waals surface area contributed by atoms with Crippen LogP contribution < -0.4 is 0 Å². The average Bonchev–Trinajstić information content (AvgIpc) is 3.07. The Morgan fingerprint density at radius 3 is 2.35 bits per heavy atom. The second kappa shape index (κ2) is 6.99. The SMILES string of the molecule is N#C/C(=C\c1ccc(Br)cc1)c1nc2ccccc2n1-c1ccccc1. The van der Waals surface area contributed by atoms with Crippen molar-refractivity contribution >= 4 is 38.6 Å². The molecule has 0 saturated carbocycles. The first-order valence-corrected chi connectivity index (χ1v) is 8.96. The van der Waals surface area contributed by atoms with Crippen LogP contribution in [0, 0.1) is 11.3 Å². The van der Waals surface area contributed by atoms with Crippen molar-refractivity contribution < 1.29 is 0 Å². The minimum atomic E-state index is 0.521. The van der Waals surface area contributed by atoms with Crippen LogP contribution in [0.25, 0.3) is 28.4 Å². The summed E-state index contributed by atoms with van der Waals surface area (Å²) in [5, 5.41) is 9.81. The number of aromatic nitrogens is 2. The summed E-state index contributed by atoms with van der Waals surface area (Å²) < 4.78 is 3.04. The van der Waals surface area contributed by atoms with Crippen LogP contribution in [0.4, 0.5) is 0 Å². The molecule has 0 aliphatic heterocycles. The number of benzene rings is 3. The smallest absolute Gasteiger partial charge is 0.156 e. The molecule has 124 valence electrons. The zero-order valence-electron chi connectivity index (χ0n) is 13.8. The molecule has 3 nitrogen and oxygen atoms in total. The number of allylic oxidation sites excluding steroid dienone is 1. The standard InChI is InChI=1S/C22H14BrN3/c23-18-12-10-16(11-13-18)14-17(15-24)22-25-20-8-4-5-9-21(20)26(22)19-6-2-1-3-7-19/h1-14H/b17-14+. The van der Waals surface area contributed by atoms with Crippen LogP contribution in [0.1, 0.15) is 11.4 Å². The van der Waals surface area contributed by atoms with Crippen LogP contribution in [0.3, 0.4) is 0 Å². The Bertz CT molecular complexity index is 1130. The fraction of sp³-hybridized carbons (Fsp3) is 0. The predicted octanol–water partition coefficient (Wildman–Crippen LogP) is 5.85. The van der Waals surface area contributed by atoms with Gasteiger partial charge < -0.3 is 0 Å². The van der Waals surface area contributed by atoms with Crippen LogP contribution in [-0.4, -0.2) is 9.55 Å². The Labute approximate surface area is 160 Å². The lowest BCUT2D eigenvalue weighted by Crippen LogP contribution is -2.00. The molecule has 0 fully saturated rings. The number of nitriles is 1. The molecule has 1 aromatic heterocycles. The Balaban J connectivity index is 1.95. The third-order valence-corrected chi connectivity index (χ3v) is 4.65. The molecule has 3 aromatic carbocycles. The van der Waals surface area contributed by atoms with Crippen molar-refractivity contribution in [2.75, 3.05) is 0 Å². The van der Waals surface area contributed by atoms with Gasteiger partial charge in [-0.15, -0.1) is 0 Å². The Hall–Kier alpha value is -3.16. The fourth-order valence-electron chi connectivity index (χ4n) is 2.92. The number of hydrogen-bond donors (Lipinski definition) is 0. The summed E-state index contributed by atoms with van der Waals surface area (Å²) in [4.78, 5) is 4.74. The van der Waals surface area contributed by atoms with Gasteiger partial charge in [0.05, 0.1) is 16.6 Å². The topological polar surface area (TPSA) is 41.6 Å². The lowest BCUT2D eigenvalue weighted by Gasteiger charge is -2.08. The molecule has 4 rings (SSSR count). The summed E-state index contributed by atoms with van der Waals surface area (Å²) in [7, 11) is 0. The summed E-state index contributed by atoms with van der Waals surface area (Å²) in [6.07, 6.45) is 1.87. The Kier molecular flexibility index (Phi) is 4.39. The van der Waals surface area contributed by atoms with Crippen molar-refractivity contribution in [1.29, 1.82) is 5.26 Å².